The molecule has 0 fully saturated rings. The minimum absolute atomic E-state index is 0.0887. The summed E-state index contributed by atoms with van der Waals surface area (Å²) < 4.78 is 12.4. The van der Waals surface area contributed by atoms with Crippen molar-refractivity contribution in [2.24, 2.45) is 0 Å². The highest BCUT2D eigenvalue weighted by Crippen LogP contribution is 2.49. The fourth-order valence-corrected chi connectivity index (χ4v) is 3.53. The van der Waals surface area contributed by atoms with Crippen molar-refractivity contribution in [3.8, 4) is 11.5 Å². The Hall–Kier alpha value is 0.740. The van der Waals surface area contributed by atoms with Crippen LogP contribution in [0.2, 0.25) is 0 Å². The van der Waals surface area contributed by atoms with Crippen LogP contribution in [0.1, 0.15) is 24.2 Å². The van der Waals surface area contributed by atoms with E-state index in [1.54, 1.807) is 14.2 Å². The van der Waals surface area contributed by atoms with Gasteiger partial charge in [-0.15, -0.1) is 0 Å². The van der Waals surface area contributed by atoms with E-state index in [0.29, 0.717) is 11.5 Å². The first-order chi connectivity index (χ1) is 8.23. The first-order valence-electron chi connectivity index (χ1n) is 5.16. The van der Waals surface area contributed by atoms with Gasteiger partial charge in [0.05, 0.1) is 23.5 Å². The molecule has 1 rings (SSSR count). The van der Waals surface area contributed by atoms with Crippen LogP contribution in [0.4, 0.5) is 0 Å². The molecular formula is C12H14Br4O2. The lowest BCUT2D eigenvalue weighted by Crippen LogP contribution is -2.17. The SMILES string of the molecule is COc1cc(C(Br)C(C)(C)Br)c(Br)c(Br)c1OC. The zero-order valence-electron chi connectivity index (χ0n) is 10.5. The maximum atomic E-state index is 5.36. The van der Waals surface area contributed by atoms with Crippen molar-refractivity contribution >= 4 is 63.7 Å². The molecule has 102 valence electrons. The predicted octanol–water partition coefficient (Wildman–Crippen LogP) is 5.84. The number of halogens is 4. The number of benzene rings is 1. The third kappa shape index (κ3) is 3.44. The molecule has 0 spiro atoms. The van der Waals surface area contributed by atoms with Crippen LogP contribution in [0.5, 0.6) is 11.5 Å². The molecule has 0 aromatic heterocycles. The molecular weight excluding hydrogens is 496 g/mol. The maximum absolute atomic E-state index is 5.36. The molecule has 0 bridgehead atoms. The maximum Gasteiger partial charge on any atom is 0.176 e. The third-order valence-corrected chi connectivity index (χ3v) is 7.31. The molecule has 0 saturated carbocycles. The summed E-state index contributed by atoms with van der Waals surface area (Å²) in [6, 6.07) is 1.97. The number of hydrogen-bond acceptors (Lipinski definition) is 2. The Kier molecular flexibility index (Phi) is 6.03. The van der Waals surface area contributed by atoms with Gasteiger partial charge in [0.15, 0.2) is 11.5 Å². The van der Waals surface area contributed by atoms with Crippen LogP contribution in [0.15, 0.2) is 15.0 Å². The zero-order chi connectivity index (χ0) is 14.1. The van der Waals surface area contributed by atoms with Gasteiger partial charge in [0, 0.05) is 8.80 Å². The van der Waals surface area contributed by atoms with Crippen molar-refractivity contribution in [2.75, 3.05) is 14.2 Å². The summed E-state index contributed by atoms with van der Waals surface area (Å²) >= 11 is 14.5. The van der Waals surface area contributed by atoms with E-state index in [2.05, 4.69) is 77.6 Å². The van der Waals surface area contributed by atoms with Crippen LogP contribution < -0.4 is 9.47 Å². The molecule has 18 heavy (non-hydrogen) atoms. The van der Waals surface area contributed by atoms with Crippen LogP contribution in [0, 0.1) is 0 Å². The molecule has 1 aromatic carbocycles. The number of methoxy groups -OCH3 is 2. The Morgan fingerprint density at radius 2 is 1.67 bits per heavy atom. The van der Waals surface area contributed by atoms with Crippen LogP contribution in [-0.4, -0.2) is 18.5 Å². The van der Waals surface area contributed by atoms with Gasteiger partial charge >= 0.3 is 0 Å². The molecule has 0 aliphatic rings. The summed E-state index contributed by atoms with van der Waals surface area (Å²) in [4.78, 5) is 0.121. The molecule has 0 aliphatic carbocycles. The highest BCUT2D eigenvalue weighted by molar-refractivity contribution is 9.13. The molecule has 0 amide bonds. The number of ether oxygens (including phenoxy) is 2. The standard InChI is InChI=1S/C12H14Br4O2/c1-12(2,16)11(15)6-5-7(17-3)10(18-4)9(14)8(6)13/h5,11H,1-4H3. The summed E-state index contributed by atoms with van der Waals surface area (Å²) in [6.07, 6.45) is 0. The summed E-state index contributed by atoms with van der Waals surface area (Å²) in [5.41, 5.74) is 1.08. The lowest BCUT2D eigenvalue weighted by atomic mass is 10.0. The molecule has 0 radical (unpaired) electrons. The summed E-state index contributed by atoms with van der Waals surface area (Å²) in [5, 5.41) is 0. The molecule has 6 heteroatoms. The van der Waals surface area contributed by atoms with E-state index >= 15 is 0 Å². The highest BCUT2D eigenvalue weighted by Gasteiger charge is 2.30. The molecule has 1 atom stereocenters. The molecule has 0 N–H and O–H groups in total. The summed E-state index contributed by atoms with van der Waals surface area (Å²) in [6.45, 7) is 4.20. The van der Waals surface area contributed by atoms with Gasteiger partial charge in [-0.05, 0) is 57.3 Å². The average molecular weight is 510 g/mol. The number of alkyl halides is 2. The Labute approximate surface area is 141 Å². The van der Waals surface area contributed by atoms with E-state index in [9.17, 15) is 0 Å². The molecule has 1 aromatic rings. The summed E-state index contributed by atoms with van der Waals surface area (Å²) in [7, 11) is 3.25. The molecule has 0 heterocycles. The van der Waals surface area contributed by atoms with E-state index in [1.807, 2.05) is 6.07 Å². The van der Waals surface area contributed by atoms with Gasteiger partial charge in [0.1, 0.15) is 0 Å². The second kappa shape index (κ2) is 6.46. The first kappa shape index (κ1) is 16.8. The van der Waals surface area contributed by atoms with Crippen LogP contribution in [-0.2, 0) is 0 Å². The van der Waals surface area contributed by atoms with Crippen LogP contribution >= 0.6 is 63.7 Å². The van der Waals surface area contributed by atoms with E-state index in [1.165, 1.54) is 0 Å². The van der Waals surface area contributed by atoms with E-state index in [4.69, 9.17) is 9.47 Å². The number of rotatable bonds is 4. The van der Waals surface area contributed by atoms with Gasteiger partial charge in [-0.2, -0.15) is 0 Å². The smallest absolute Gasteiger partial charge is 0.176 e. The van der Waals surface area contributed by atoms with Crippen LogP contribution in [0.3, 0.4) is 0 Å². The Morgan fingerprint density at radius 3 is 2.06 bits per heavy atom. The molecule has 0 aliphatic heterocycles. The topological polar surface area (TPSA) is 18.5 Å². The Bertz CT molecular complexity index is 441. The lowest BCUT2D eigenvalue weighted by molar-refractivity contribution is 0.352. The van der Waals surface area contributed by atoms with E-state index in [-0.39, 0.29) is 9.15 Å². The summed E-state index contributed by atoms with van der Waals surface area (Å²) in [5.74, 6) is 1.38. The van der Waals surface area contributed by atoms with Crippen molar-refractivity contribution < 1.29 is 9.47 Å². The van der Waals surface area contributed by atoms with Crippen LogP contribution in [0.25, 0.3) is 0 Å². The third-order valence-electron chi connectivity index (χ3n) is 2.46. The zero-order valence-corrected chi connectivity index (χ0v) is 16.8. The van der Waals surface area contributed by atoms with Gasteiger partial charge in [0.25, 0.3) is 0 Å². The van der Waals surface area contributed by atoms with Crippen molar-refractivity contribution in [3.05, 3.63) is 20.6 Å². The second-order valence-corrected chi connectivity index (χ2v) is 8.80. The van der Waals surface area contributed by atoms with Crippen molar-refractivity contribution in [3.63, 3.8) is 0 Å². The van der Waals surface area contributed by atoms with Gasteiger partial charge in [-0.25, -0.2) is 0 Å². The van der Waals surface area contributed by atoms with E-state index < -0.39 is 0 Å². The van der Waals surface area contributed by atoms with E-state index in [0.717, 1.165) is 14.5 Å². The second-order valence-electron chi connectivity index (χ2n) is 4.26. The normalized spacial score (nSPS) is 13.3. The largest absolute Gasteiger partial charge is 0.493 e. The van der Waals surface area contributed by atoms with Gasteiger partial charge in [-0.1, -0.05) is 31.9 Å². The van der Waals surface area contributed by atoms with Crippen molar-refractivity contribution in [2.45, 2.75) is 23.0 Å². The van der Waals surface area contributed by atoms with Crippen molar-refractivity contribution in [1.29, 1.82) is 0 Å². The predicted molar refractivity (Wildman–Crippen MR) is 89.6 cm³/mol. The molecule has 1 unspecified atom stereocenters. The minimum Gasteiger partial charge on any atom is -0.493 e. The van der Waals surface area contributed by atoms with Gasteiger partial charge < -0.3 is 9.47 Å². The Balaban J connectivity index is 3.43. The number of hydrogen-bond donors (Lipinski definition) is 0. The monoisotopic (exact) mass is 506 g/mol. The van der Waals surface area contributed by atoms with Crippen molar-refractivity contribution in [1.82, 2.24) is 0 Å². The minimum atomic E-state index is -0.0887. The fraction of sp³-hybridized carbons (Fsp3) is 0.500. The quantitative estimate of drug-likeness (QED) is 0.475. The van der Waals surface area contributed by atoms with Gasteiger partial charge in [0.2, 0.25) is 0 Å². The average Bonchev–Trinajstić information content (AvgIpc) is 2.30. The highest BCUT2D eigenvalue weighted by atomic mass is 79.9. The van der Waals surface area contributed by atoms with Gasteiger partial charge in [-0.3, -0.25) is 0 Å². The fourth-order valence-electron chi connectivity index (χ4n) is 1.50. The first-order valence-corrected chi connectivity index (χ1v) is 8.46. The molecule has 2 nitrogen and oxygen atoms in total. The molecule has 0 saturated heterocycles. The lowest BCUT2D eigenvalue weighted by Gasteiger charge is -2.26. The Morgan fingerprint density at radius 1 is 1.11 bits per heavy atom.